The molecule has 1 aromatic heterocycles. The first-order valence-corrected chi connectivity index (χ1v) is 5.73. The highest BCUT2D eigenvalue weighted by atomic mass is 19.1. The summed E-state index contributed by atoms with van der Waals surface area (Å²) in [5, 5.41) is 0. The molecule has 19 heavy (non-hydrogen) atoms. The maximum atomic E-state index is 13.6. The van der Waals surface area contributed by atoms with Gasteiger partial charge in [0.15, 0.2) is 0 Å². The van der Waals surface area contributed by atoms with Gasteiger partial charge in [-0.05, 0) is 6.07 Å². The second kappa shape index (κ2) is 5.51. The van der Waals surface area contributed by atoms with Crippen LogP contribution in [0, 0.1) is 5.82 Å². The van der Waals surface area contributed by atoms with Gasteiger partial charge in [-0.2, -0.15) is 9.97 Å². The molecule has 0 unspecified atom stereocenters. The Bertz CT molecular complexity index is 576. The van der Waals surface area contributed by atoms with Crippen LogP contribution in [0.15, 0.2) is 30.3 Å². The van der Waals surface area contributed by atoms with Crippen molar-refractivity contribution in [3.63, 3.8) is 0 Å². The Morgan fingerprint density at radius 3 is 2.74 bits per heavy atom. The first-order chi connectivity index (χ1) is 9.10. The molecule has 2 rings (SSSR count). The van der Waals surface area contributed by atoms with Crippen LogP contribution in [0.5, 0.6) is 5.88 Å². The number of hydrogen-bond donors (Lipinski definition) is 1. The predicted octanol–water partition coefficient (Wildman–Crippen LogP) is 1.84. The number of rotatable bonds is 4. The number of nitrogen functional groups attached to an aromatic ring is 1. The van der Waals surface area contributed by atoms with E-state index in [4.69, 9.17) is 10.5 Å². The molecule has 0 saturated heterocycles. The van der Waals surface area contributed by atoms with E-state index in [-0.39, 0.29) is 11.8 Å². The summed E-state index contributed by atoms with van der Waals surface area (Å²) in [5.41, 5.74) is 6.18. The third-order valence-electron chi connectivity index (χ3n) is 2.67. The SMILES string of the molecule is COc1cc(N(C)Cc2ccccc2F)nc(N)n1. The number of nitrogens with two attached hydrogens (primary N) is 1. The van der Waals surface area contributed by atoms with E-state index in [1.165, 1.54) is 13.2 Å². The van der Waals surface area contributed by atoms with Crippen LogP contribution in [-0.2, 0) is 6.54 Å². The van der Waals surface area contributed by atoms with Crippen molar-refractivity contribution in [3.05, 3.63) is 41.7 Å². The van der Waals surface area contributed by atoms with E-state index in [0.29, 0.717) is 23.8 Å². The van der Waals surface area contributed by atoms with Gasteiger partial charge in [0.1, 0.15) is 11.6 Å². The third-order valence-corrected chi connectivity index (χ3v) is 2.67. The standard InChI is InChI=1S/C13H15FN4O/c1-18(8-9-5-3-4-6-10(9)14)11-7-12(19-2)17-13(15)16-11/h3-7H,8H2,1-2H3,(H2,15,16,17). The molecule has 1 aromatic carbocycles. The van der Waals surface area contributed by atoms with Crippen LogP contribution in [0.3, 0.4) is 0 Å². The second-order valence-electron chi connectivity index (χ2n) is 4.07. The molecule has 0 aliphatic carbocycles. The highest BCUT2D eigenvalue weighted by Gasteiger charge is 2.10. The van der Waals surface area contributed by atoms with E-state index in [2.05, 4.69) is 9.97 Å². The summed E-state index contributed by atoms with van der Waals surface area (Å²) < 4.78 is 18.6. The van der Waals surface area contributed by atoms with Crippen molar-refractivity contribution in [3.8, 4) is 5.88 Å². The molecule has 0 amide bonds. The zero-order valence-corrected chi connectivity index (χ0v) is 10.8. The fourth-order valence-electron chi connectivity index (χ4n) is 1.69. The van der Waals surface area contributed by atoms with Crippen molar-refractivity contribution in [1.29, 1.82) is 0 Å². The molecule has 0 spiro atoms. The lowest BCUT2D eigenvalue weighted by molar-refractivity contribution is 0.397. The smallest absolute Gasteiger partial charge is 0.225 e. The summed E-state index contributed by atoms with van der Waals surface area (Å²) in [7, 11) is 3.30. The number of aromatic nitrogens is 2. The monoisotopic (exact) mass is 262 g/mol. The summed E-state index contributed by atoms with van der Waals surface area (Å²) in [5.74, 6) is 0.827. The molecule has 0 saturated carbocycles. The average Bonchev–Trinajstić information content (AvgIpc) is 2.40. The number of ether oxygens (including phenoxy) is 1. The largest absolute Gasteiger partial charge is 0.481 e. The van der Waals surface area contributed by atoms with Crippen molar-refractivity contribution < 1.29 is 9.13 Å². The molecule has 5 nitrogen and oxygen atoms in total. The van der Waals surface area contributed by atoms with Gasteiger partial charge in [0.2, 0.25) is 11.8 Å². The van der Waals surface area contributed by atoms with Gasteiger partial charge < -0.3 is 15.4 Å². The first kappa shape index (κ1) is 13.1. The van der Waals surface area contributed by atoms with Crippen molar-refractivity contribution in [2.45, 2.75) is 6.54 Å². The topological polar surface area (TPSA) is 64.3 Å². The van der Waals surface area contributed by atoms with Gasteiger partial charge in [-0.1, -0.05) is 18.2 Å². The molecule has 1 heterocycles. The van der Waals surface area contributed by atoms with Gasteiger partial charge in [0, 0.05) is 25.2 Å². The van der Waals surface area contributed by atoms with Gasteiger partial charge >= 0.3 is 0 Å². The lowest BCUT2D eigenvalue weighted by Gasteiger charge is -2.19. The molecule has 2 aromatic rings. The summed E-state index contributed by atoms with van der Waals surface area (Å²) in [6.07, 6.45) is 0. The van der Waals surface area contributed by atoms with Crippen LogP contribution < -0.4 is 15.4 Å². The summed E-state index contributed by atoms with van der Waals surface area (Å²) in [6, 6.07) is 8.26. The minimum atomic E-state index is -0.247. The number of halogens is 1. The summed E-state index contributed by atoms with van der Waals surface area (Å²) in [4.78, 5) is 9.78. The van der Waals surface area contributed by atoms with E-state index >= 15 is 0 Å². The van der Waals surface area contributed by atoms with E-state index in [0.717, 1.165) is 0 Å². The van der Waals surface area contributed by atoms with E-state index in [1.54, 1.807) is 36.2 Å². The number of methoxy groups -OCH3 is 1. The molecule has 100 valence electrons. The Morgan fingerprint density at radius 2 is 2.05 bits per heavy atom. The van der Waals surface area contributed by atoms with Gasteiger partial charge in [0.25, 0.3) is 0 Å². The number of nitrogens with zero attached hydrogens (tertiary/aromatic N) is 3. The normalized spacial score (nSPS) is 10.3. The zero-order valence-electron chi connectivity index (χ0n) is 10.8. The molecule has 0 atom stereocenters. The van der Waals surface area contributed by atoms with Crippen LogP contribution in [0.4, 0.5) is 16.2 Å². The Hall–Kier alpha value is -2.37. The van der Waals surface area contributed by atoms with Crippen LogP contribution >= 0.6 is 0 Å². The molecule has 0 aliphatic heterocycles. The van der Waals surface area contributed by atoms with Crippen molar-refractivity contribution in [2.24, 2.45) is 0 Å². The van der Waals surface area contributed by atoms with Crippen LogP contribution in [0.1, 0.15) is 5.56 Å². The molecule has 0 bridgehead atoms. The Balaban J connectivity index is 2.22. The number of benzene rings is 1. The first-order valence-electron chi connectivity index (χ1n) is 5.73. The highest BCUT2D eigenvalue weighted by molar-refractivity contribution is 5.45. The van der Waals surface area contributed by atoms with Crippen molar-refractivity contribution in [2.75, 3.05) is 24.8 Å². The number of hydrogen-bond acceptors (Lipinski definition) is 5. The summed E-state index contributed by atoms with van der Waals surface area (Å²) in [6.45, 7) is 0.381. The van der Waals surface area contributed by atoms with Gasteiger partial charge in [-0.3, -0.25) is 0 Å². The van der Waals surface area contributed by atoms with Crippen LogP contribution in [-0.4, -0.2) is 24.1 Å². The second-order valence-corrected chi connectivity index (χ2v) is 4.07. The van der Waals surface area contributed by atoms with Crippen molar-refractivity contribution in [1.82, 2.24) is 9.97 Å². The predicted molar refractivity (Wildman–Crippen MR) is 71.5 cm³/mol. The van der Waals surface area contributed by atoms with E-state index in [1.807, 2.05) is 0 Å². The minimum absolute atomic E-state index is 0.120. The third kappa shape index (κ3) is 3.09. The number of anilines is 2. The zero-order chi connectivity index (χ0) is 13.8. The van der Waals surface area contributed by atoms with E-state index in [9.17, 15) is 4.39 Å². The average molecular weight is 262 g/mol. The van der Waals surface area contributed by atoms with Crippen LogP contribution in [0.2, 0.25) is 0 Å². The van der Waals surface area contributed by atoms with Gasteiger partial charge in [0.05, 0.1) is 7.11 Å². The Labute approximate surface area is 110 Å². The maximum Gasteiger partial charge on any atom is 0.225 e. The Morgan fingerprint density at radius 1 is 1.32 bits per heavy atom. The fourth-order valence-corrected chi connectivity index (χ4v) is 1.69. The molecule has 0 aliphatic rings. The van der Waals surface area contributed by atoms with E-state index < -0.39 is 0 Å². The fraction of sp³-hybridized carbons (Fsp3) is 0.231. The minimum Gasteiger partial charge on any atom is -0.481 e. The molecule has 0 fully saturated rings. The van der Waals surface area contributed by atoms with Crippen molar-refractivity contribution >= 4 is 11.8 Å². The Kier molecular flexibility index (Phi) is 3.79. The summed E-state index contributed by atoms with van der Waals surface area (Å²) >= 11 is 0. The lowest BCUT2D eigenvalue weighted by Crippen LogP contribution is -2.19. The van der Waals surface area contributed by atoms with Gasteiger partial charge in [-0.25, -0.2) is 4.39 Å². The lowest BCUT2D eigenvalue weighted by atomic mass is 10.2. The quantitative estimate of drug-likeness (QED) is 0.910. The maximum absolute atomic E-state index is 13.6. The molecule has 0 radical (unpaired) electrons. The highest BCUT2D eigenvalue weighted by Crippen LogP contribution is 2.19. The van der Waals surface area contributed by atoms with Gasteiger partial charge in [-0.15, -0.1) is 0 Å². The molecule has 2 N–H and O–H groups in total. The molecule has 6 heteroatoms. The molecular formula is C13H15FN4O. The molecular weight excluding hydrogens is 247 g/mol. The van der Waals surface area contributed by atoms with Crippen LogP contribution in [0.25, 0.3) is 0 Å².